The van der Waals surface area contributed by atoms with Crippen molar-refractivity contribution in [3.8, 4) is 5.75 Å². The Morgan fingerprint density at radius 3 is 2.53 bits per heavy atom. The van der Waals surface area contributed by atoms with Crippen molar-refractivity contribution in [3.63, 3.8) is 0 Å². The van der Waals surface area contributed by atoms with E-state index in [-0.39, 0.29) is 5.38 Å². The number of ether oxygens (including phenoxy) is 1. The molecule has 1 atom stereocenters. The summed E-state index contributed by atoms with van der Waals surface area (Å²) in [7, 11) is 1.67. The molecule has 1 nitrogen and oxygen atoms in total. The molecule has 2 rings (SSSR count). The Balaban J connectivity index is 2.20. The molecule has 0 radical (unpaired) electrons. The standard InChI is InChI=1S/C14H15ClOS/c1-3-10-4-6-11(7-5-10)14(15)13-8-12(16-2)9-17-13/h4-9,14H,3H2,1-2H3. The summed E-state index contributed by atoms with van der Waals surface area (Å²) in [4.78, 5) is 1.12. The van der Waals surface area contributed by atoms with Gasteiger partial charge in [0.15, 0.2) is 0 Å². The van der Waals surface area contributed by atoms with Crippen molar-refractivity contribution >= 4 is 22.9 Å². The molecule has 0 aliphatic rings. The third kappa shape index (κ3) is 2.82. The van der Waals surface area contributed by atoms with Crippen LogP contribution in [-0.4, -0.2) is 7.11 Å². The molecule has 0 amide bonds. The fourth-order valence-corrected chi connectivity index (χ4v) is 2.88. The summed E-state index contributed by atoms with van der Waals surface area (Å²) in [5.41, 5.74) is 2.47. The molecule has 90 valence electrons. The van der Waals surface area contributed by atoms with E-state index in [9.17, 15) is 0 Å². The van der Waals surface area contributed by atoms with Crippen molar-refractivity contribution in [1.82, 2.24) is 0 Å². The number of benzene rings is 1. The molecule has 0 fully saturated rings. The first-order valence-electron chi connectivity index (χ1n) is 5.60. The molecule has 0 aliphatic carbocycles. The first-order valence-corrected chi connectivity index (χ1v) is 6.91. The summed E-state index contributed by atoms with van der Waals surface area (Å²) >= 11 is 8.08. The number of thiophene rings is 1. The van der Waals surface area contributed by atoms with Crippen LogP contribution in [0.2, 0.25) is 0 Å². The lowest BCUT2D eigenvalue weighted by molar-refractivity contribution is 0.416. The van der Waals surface area contributed by atoms with Crippen LogP contribution in [0.5, 0.6) is 5.75 Å². The minimum Gasteiger partial charge on any atom is -0.496 e. The van der Waals surface area contributed by atoms with Crippen LogP contribution in [-0.2, 0) is 6.42 Å². The average molecular weight is 267 g/mol. The monoisotopic (exact) mass is 266 g/mol. The quantitative estimate of drug-likeness (QED) is 0.732. The summed E-state index contributed by atoms with van der Waals surface area (Å²) in [5.74, 6) is 0.876. The zero-order valence-electron chi connectivity index (χ0n) is 9.94. The molecule has 1 aromatic carbocycles. The van der Waals surface area contributed by atoms with Gasteiger partial charge in [-0.2, -0.15) is 0 Å². The van der Waals surface area contributed by atoms with Crippen LogP contribution in [0.4, 0.5) is 0 Å². The molecule has 0 saturated heterocycles. The minimum atomic E-state index is -0.0881. The first-order chi connectivity index (χ1) is 8.24. The molecule has 17 heavy (non-hydrogen) atoms. The fraction of sp³-hybridized carbons (Fsp3) is 0.286. The fourth-order valence-electron chi connectivity index (χ4n) is 1.66. The van der Waals surface area contributed by atoms with E-state index in [1.165, 1.54) is 5.56 Å². The van der Waals surface area contributed by atoms with E-state index < -0.39 is 0 Å². The maximum Gasteiger partial charge on any atom is 0.129 e. The molecule has 1 aromatic heterocycles. The third-order valence-electron chi connectivity index (χ3n) is 2.76. The maximum absolute atomic E-state index is 6.45. The number of methoxy groups -OCH3 is 1. The minimum absolute atomic E-state index is 0.0881. The largest absolute Gasteiger partial charge is 0.496 e. The lowest BCUT2D eigenvalue weighted by Gasteiger charge is -2.08. The summed E-state index contributed by atoms with van der Waals surface area (Å²) in [6.45, 7) is 2.15. The third-order valence-corrected chi connectivity index (χ3v) is 4.35. The second-order valence-corrected chi connectivity index (χ2v) is 5.23. The highest BCUT2D eigenvalue weighted by atomic mass is 35.5. The van der Waals surface area contributed by atoms with Crippen LogP contribution in [0.3, 0.4) is 0 Å². The Labute approximate surface area is 111 Å². The lowest BCUT2D eigenvalue weighted by Crippen LogP contribution is -1.91. The maximum atomic E-state index is 6.45. The molecule has 1 unspecified atom stereocenters. The van der Waals surface area contributed by atoms with Crippen molar-refractivity contribution < 1.29 is 4.74 Å². The van der Waals surface area contributed by atoms with Gasteiger partial charge in [0.25, 0.3) is 0 Å². The number of hydrogen-bond acceptors (Lipinski definition) is 2. The Kier molecular flexibility index (Phi) is 4.08. The highest BCUT2D eigenvalue weighted by Crippen LogP contribution is 2.35. The van der Waals surface area contributed by atoms with E-state index in [1.54, 1.807) is 18.4 Å². The van der Waals surface area contributed by atoms with Crippen molar-refractivity contribution in [3.05, 3.63) is 51.7 Å². The lowest BCUT2D eigenvalue weighted by atomic mass is 10.1. The Morgan fingerprint density at radius 1 is 1.29 bits per heavy atom. The number of halogens is 1. The summed E-state index contributed by atoms with van der Waals surface area (Å²) < 4.78 is 5.17. The Morgan fingerprint density at radius 2 is 2.00 bits per heavy atom. The molecule has 0 aliphatic heterocycles. The molecule has 0 N–H and O–H groups in total. The van der Waals surface area contributed by atoms with Gasteiger partial charge in [0.1, 0.15) is 5.75 Å². The molecule has 0 saturated carbocycles. The average Bonchev–Trinajstić information content (AvgIpc) is 2.87. The van der Waals surface area contributed by atoms with Gasteiger partial charge >= 0.3 is 0 Å². The van der Waals surface area contributed by atoms with Gasteiger partial charge in [0.2, 0.25) is 0 Å². The van der Waals surface area contributed by atoms with Gasteiger partial charge in [-0.15, -0.1) is 22.9 Å². The van der Waals surface area contributed by atoms with E-state index in [1.807, 2.05) is 11.4 Å². The topological polar surface area (TPSA) is 9.23 Å². The molecule has 3 heteroatoms. The number of hydrogen-bond donors (Lipinski definition) is 0. The first kappa shape index (κ1) is 12.5. The number of rotatable bonds is 4. The highest BCUT2D eigenvalue weighted by molar-refractivity contribution is 7.10. The van der Waals surface area contributed by atoms with Gasteiger partial charge in [0, 0.05) is 10.3 Å². The van der Waals surface area contributed by atoms with Crippen LogP contribution in [0.25, 0.3) is 0 Å². The van der Waals surface area contributed by atoms with Crippen molar-refractivity contribution in [2.24, 2.45) is 0 Å². The molecule has 0 spiro atoms. The predicted molar refractivity (Wildman–Crippen MR) is 74.4 cm³/mol. The molecular weight excluding hydrogens is 252 g/mol. The molecular formula is C14H15ClOS. The van der Waals surface area contributed by atoms with Gasteiger partial charge in [0.05, 0.1) is 12.5 Å². The molecule has 1 heterocycles. The Hall–Kier alpha value is -0.990. The van der Waals surface area contributed by atoms with Crippen LogP contribution in [0, 0.1) is 0 Å². The van der Waals surface area contributed by atoms with Crippen LogP contribution in [0.1, 0.15) is 28.3 Å². The second kappa shape index (κ2) is 5.56. The number of aryl methyl sites for hydroxylation is 1. The van der Waals surface area contributed by atoms with Gasteiger partial charge in [-0.1, -0.05) is 31.2 Å². The van der Waals surface area contributed by atoms with E-state index in [0.717, 1.165) is 22.6 Å². The second-order valence-electron chi connectivity index (χ2n) is 3.85. The normalized spacial score (nSPS) is 12.4. The summed E-state index contributed by atoms with van der Waals surface area (Å²) in [6, 6.07) is 10.5. The van der Waals surface area contributed by atoms with Crippen molar-refractivity contribution in [2.45, 2.75) is 18.7 Å². The van der Waals surface area contributed by atoms with Gasteiger partial charge in [-0.25, -0.2) is 0 Å². The van der Waals surface area contributed by atoms with E-state index in [4.69, 9.17) is 16.3 Å². The molecule has 0 bridgehead atoms. The van der Waals surface area contributed by atoms with Gasteiger partial charge in [-0.05, 0) is 23.6 Å². The van der Waals surface area contributed by atoms with Crippen molar-refractivity contribution in [1.29, 1.82) is 0 Å². The van der Waals surface area contributed by atoms with Crippen molar-refractivity contribution in [2.75, 3.05) is 7.11 Å². The SMILES string of the molecule is CCc1ccc(C(Cl)c2cc(OC)cs2)cc1. The Bertz CT molecular complexity index is 475. The van der Waals surface area contributed by atoms with E-state index in [2.05, 4.69) is 31.2 Å². The van der Waals surface area contributed by atoms with Gasteiger partial charge < -0.3 is 4.74 Å². The van der Waals surface area contributed by atoms with Gasteiger partial charge in [-0.3, -0.25) is 0 Å². The van der Waals surface area contributed by atoms with Crippen LogP contribution in [0.15, 0.2) is 35.7 Å². The summed E-state index contributed by atoms with van der Waals surface area (Å²) in [6.07, 6.45) is 1.06. The zero-order chi connectivity index (χ0) is 12.3. The van der Waals surface area contributed by atoms with Crippen LogP contribution >= 0.6 is 22.9 Å². The van der Waals surface area contributed by atoms with E-state index in [0.29, 0.717) is 0 Å². The number of alkyl halides is 1. The van der Waals surface area contributed by atoms with Crippen LogP contribution < -0.4 is 4.74 Å². The summed E-state index contributed by atoms with van der Waals surface area (Å²) in [5, 5.41) is 1.89. The predicted octanol–water partition coefficient (Wildman–Crippen LogP) is 4.65. The van der Waals surface area contributed by atoms with E-state index >= 15 is 0 Å². The highest BCUT2D eigenvalue weighted by Gasteiger charge is 2.13. The smallest absolute Gasteiger partial charge is 0.129 e. The zero-order valence-corrected chi connectivity index (χ0v) is 11.5. The molecule has 2 aromatic rings.